The fourth-order valence-electron chi connectivity index (χ4n) is 3.63. The Bertz CT molecular complexity index is 618. The lowest BCUT2D eigenvalue weighted by molar-refractivity contribution is 0.176. The summed E-state index contributed by atoms with van der Waals surface area (Å²) in [5.74, 6) is 0.641. The normalized spacial score (nSPS) is 18.0. The summed E-state index contributed by atoms with van der Waals surface area (Å²) in [5.41, 5.74) is 9.99. The van der Waals surface area contributed by atoms with Crippen LogP contribution in [-0.2, 0) is 5.41 Å². The third-order valence-corrected chi connectivity index (χ3v) is 4.83. The summed E-state index contributed by atoms with van der Waals surface area (Å²) < 4.78 is 0. The first-order valence-corrected chi connectivity index (χ1v) is 7.62. The Morgan fingerprint density at radius 1 is 1.24 bits per heavy atom. The highest BCUT2D eigenvalue weighted by atomic mass is 14.9. The van der Waals surface area contributed by atoms with E-state index in [1.807, 2.05) is 13.2 Å². The zero-order valence-corrected chi connectivity index (χ0v) is 12.8. The number of likely N-dealkylation sites (N-methyl/N-ethyl adjacent to an activating group) is 1. The smallest absolute Gasteiger partial charge is 0.128 e. The van der Waals surface area contributed by atoms with Crippen molar-refractivity contribution in [3.63, 3.8) is 0 Å². The van der Waals surface area contributed by atoms with E-state index in [1.54, 1.807) is 0 Å². The van der Waals surface area contributed by atoms with Crippen LogP contribution in [0.3, 0.4) is 0 Å². The lowest BCUT2D eigenvalue weighted by Gasteiger charge is -2.48. The van der Waals surface area contributed by atoms with Gasteiger partial charge in [-0.25, -0.2) is 4.98 Å². The van der Waals surface area contributed by atoms with Crippen molar-refractivity contribution in [1.29, 1.82) is 0 Å². The van der Waals surface area contributed by atoms with Crippen molar-refractivity contribution in [3.05, 3.63) is 59.3 Å². The first-order chi connectivity index (χ1) is 10.2. The van der Waals surface area contributed by atoms with Crippen molar-refractivity contribution in [2.75, 3.05) is 12.8 Å². The lowest BCUT2D eigenvalue weighted by Crippen LogP contribution is -2.46. The largest absolute Gasteiger partial charge is 0.383 e. The molecular weight excluding hydrogens is 258 g/mol. The summed E-state index contributed by atoms with van der Waals surface area (Å²) >= 11 is 0. The number of aromatic nitrogens is 1. The Hall–Kier alpha value is -1.87. The van der Waals surface area contributed by atoms with Crippen LogP contribution in [-0.4, -0.2) is 12.0 Å². The quantitative estimate of drug-likeness (QED) is 0.903. The van der Waals surface area contributed by atoms with Gasteiger partial charge in [0.05, 0.1) is 0 Å². The van der Waals surface area contributed by atoms with E-state index in [-0.39, 0.29) is 11.5 Å². The number of nitrogen functional groups attached to an aromatic ring is 1. The van der Waals surface area contributed by atoms with Crippen LogP contribution in [0.25, 0.3) is 0 Å². The summed E-state index contributed by atoms with van der Waals surface area (Å²) in [4.78, 5) is 4.35. The van der Waals surface area contributed by atoms with Gasteiger partial charge in [-0.1, -0.05) is 36.8 Å². The first-order valence-electron chi connectivity index (χ1n) is 7.62. The zero-order chi connectivity index (χ0) is 14.9. The molecule has 1 unspecified atom stereocenters. The van der Waals surface area contributed by atoms with Gasteiger partial charge in [0.1, 0.15) is 5.82 Å². The second-order valence-corrected chi connectivity index (χ2v) is 6.08. The molecule has 3 nitrogen and oxygen atoms in total. The van der Waals surface area contributed by atoms with Crippen LogP contribution in [0.4, 0.5) is 5.82 Å². The third-order valence-electron chi connectivity index (χ3n) is 4.83. The molecule has 110 valence electrons. The fraction of sp³-hybridized carbons (Fsp3) is 0.389. The number of anilines is 1. The summed E-state index contributed by atoms with van der Waals surface area (Å²) in [7, 11) is 2.02. The van der Waals surface area contributed by atoms with Gasteiger partial charge in [-0.3, -0.25) is 0 Å². The number of nitrogens with two attached hydrogens (primary N) is 1. The minimum Gasteiger partial charge on any atom is -0.383 e. The van der Waals surface area contributed by atoms with Crippen molar-refractivity contribution in [2.45, 2.75) is 37.6 Å². The topological polar surface area (TPSA) is 50.9 Å². The van der Waals surface area contributed by atoms with E-state index in [4.69, 9.17) is 5.73 Å². The molecule has 1 aliphatic rings. The molecule has 1 atom stereocenters. The molecule has 0 saturated heterocycles. The third kappa shape index (κ3) is 2.32. The molecule has 3 heteroatoms. The van der Waals surface area contributed by atoms with Crippen LogP contribution in [0.1, 0.15) is 42.0 Å². The Balaban J connectivity index is 2.08. The number of nitrogens with one attached hydrogen (secondary N) is 1. The number of pyridine rings is 1. The van der Waals surface area contributed by atoms with Gasteiger partial charge in [-0.15, -0.1) is 0 Å². The number of nitrogens with zero attached hydrogens (tertiary/aromatic N) is 1. The van der Waals surface area contributed by atoms with Crippen LogP contribution in [0, 0.1) is 6.92 Å². The van der Waals surface area contributed by atoms with Gasteiger partial charge in [0.2, 0.25) is 0 Å². The molecule has 1 heterocycles. The van der Waals surface area contributed by atoms with Crippen LogP contribution >= 0.6 is 0 Å². The van der Waals surface area contributed by atoms with E-state index in [2.05, 4.69) is 53.6 Å². The average Bonchev–Trinajstić information content (AvgIpc) is 2.46. The SMILES string of the molecule is CNC(c1cc(C)cnc1N)C1(c2ccccc2)CCC1. The molecule has 3 rings (SSSR count). The maximum Gasteiger partial charge on any atom is 0.128 e. The molecular formula is C18H23N3. The average molecular weight is 281 g/mol. The maximum absolute atomic E-state index is 6.17. The molecule has 0 spiro atoms. The second kappa shape index (κ2) is 5.49. The molecule has 0 bridgehead atoms. The molecule has 1 aliphatic carbocycles. The van der Waals surface area contributed by atoms with Gasteiger partial charge in [-0.05, 0) is 44.0 Å². The molecule has 21 heavy (non-hydrogen) atoms. The van der Waals surface area contributed by atoms with Gasteiger partial charge in [0.25, 0.3) is 0 Å². The molecule has 0 amide bonds. The number of hydrogen-bond acceptors (Lipinski definition) is 3. The second-order valence-electron chi connectivity index (χ2n) is 6.08. The number of hydrogen-bond donors (Lipinski definition) is 2. The van der Waals surface area contributed by atoms with Gasteiger partial charge in [0, 0.05) is 23.2 Å². The Morgan fingerprint density at radius 3 is 2.52 bits per heavy atom. The number of benzene rings is 1. The lowest BCUT2D eigenvalue weighted by atomic mass is 9.58. The highest BCUT2D eigenvalue weighted by Gasteiger charge is 2.46. The number of aryl methyl sites for hydroxylation is 1. The van der Waals surface area contributed by atoms with E-state index >= 15 is 0 Å². The van der Waals surface area contributed by atoms with Crippen molar-refractivity contribution in [3.8, 4) is 0 Å². The minimum atomic E-state index is 0.138. The van der Waals surface area contributed by atoms with E-state index in [0.29, 0.717) is 5.82 Å². The maximum atomic E-state index is 6.17. The van der Waals surface area contributed by atoms with E-state index in [1.165, 1.54) is 24.8 Å². The van der Waals surface area contributed by atoms with Crippen LogP contribution in [0.15, 0.2) is 42.6 Å². The van der Waals surface area contributed by atoms with Crippen molar-refractivity contribution in [1.82, 2.24) is 10.3 Å². The summed E-state index contributed by atoms with van der Waals surface area (Å²) in [6, 6.07) is 13.2. The molecule has 3 N–H and O–H groups in total. The summed E-state index contributed by atoms with van der Waals surface area (Å²) in [5, 5.41) is 3.51. The highest BCUT2D eigenvalue weighted by molar-refractivity contribution is 5.47. The van der Waals surface area contributed by atoms with Gasteiger partial charge in [0.15, 0.2) is 0 Å². The Labute approximate surface area is 126 Å². The van der Waals surface area contributed by atoms with E-state index in [9.17, 15) is 0 Å². The van der Waals surface area contributed by atoms with E-state index in [0.717, 1.165) is 11.1 Å². The number of rotatable bonds is 4. The molecule has 1 aromatic heterocycles. The monoisotopic (exact) mass is 281 g/mol. The van der Waals surface area contributed by atoms with E-state index < -0.39 is 0 Å². The predicted octanol–water partition coefficient (Wildman–Crippen LogP) is 3.35. The Morgan fingerprint density at radius 2 is 1.95 bits per heavy atom. The summed E-state index contributed by atoms with van der Waals surface area (Å²) in [6.45, 7) is 2.07. The molecule has 1 fully saturated rings. The minimum absolute atomic E-state index is 0.138. The van der Waals surface area contributed by atoms with Crippen molar-refractivity contribution >= 4 is 5.82 Å². The van der Waals surface area contributed by atoms with Gasteiger partial charge >= 0.3 is 0 Å². The highest BCUT2D eigenvalue weighted by Crippen LogP contribution is 2.52. The summed E-state index contributed by atoms with van der Waals surface area (Å²) in [6.07, 6.45) is 5.49. The van der Waals surface area contributed by atoms with Crippen LogP contribution in [0.2, 0.25) is 0 Å². The van der Waals surface area contributed by atoms with Crippen LogP contribution in [0.5, 0.6) is 0 Å². The standard InChI is InChI=1S/C18H23N3/c1-13-11-15(17(19)21-12-13)16(20-2)18(9-6-10-18)14-7-4-3-5-8-14/h3-5,7-8,11-12,16,20H,6,9-10H2,1-2H3,(H2,19,21). The predicted molar refractivity (Wildman–Crippen MR) is 87.2 cm³/mol. The van der Waals surface area contributed by atoms with Gasteiger partial charge in [-0.2, -0.15) is 0 Å². The fourth-order valence-corrected chi connectivity index (χ4v) is 3.63. The molecule has 1 aromatic carbocycles. The Kier molecular flexibility index (Phi) is 3.68. The van der Waals surface area contributed by atoms with Crippen molar-refractivity contribution < 1.29 is 0 Å². The van der Waals surface area contributed by atoms with Crippen molar-refractivity contribution in [2.24, 2.45) is 0 Å². The molecule has 1 saturated carbocycles. The molecule has 2 aromatic rings. The van der Waals surface area contributed by atoms with Gasteiger partial charge < -0.3 is 11.1 Å². The molecule has 0 aliphatic heterocycles. The van der Waals surface area contributed by atoms with Crippen LogP contribution < -0.4 is 11.1 Å². The molecule has 0 radical (unpaired) electrons. The first kappa shape index (κ1) is 14.1. The zero-order valence-electron chi connectivity index (χ0n) is 12.8.